The van der Waals surface area contributed by atoms with Gasteiger partial charge in [-0.2, -0.15) is 13.2 Å². The van der Waals surface area contributed by atoms with Crippen molar-refractivity contribution in [2.24, 2.45) is 0 Å². The highest BCUT2D eigenvalue weighted by atomic mass is 19.4. The summed E-state index contributed by atoms with van der Waals surface area (Å²) in [6.45, 7) is 0.142. The Morgan fingerprint density at radius 1 is 1.11 bits per heavy atom. The molecule has 0 saturated heterocycles. The monoisotopic (exact) mass is 513 g/mol. The third-order valence-electron chi connectivity index (χ3n) is 6.50. The van der Waals surface area contributed by atoms with Crippen LogP contribution in [0.2, 0.25) is 0 Å². The summed E-state index contributed by atoms with van der Waals surface area (Å²) in [4.78, 5) is 28.5. The first-order valence-electron chi connectivity index (χ1n) is 11.4. The minimum atomic E-state index is -4.61. The van der Waals surface area contributed by atoms with Gasteiger partial charge in [0.2, 0.25) is 5.71 Å². The van der Waals surface area contributed by atoms with E-state index in [2.05, 4.69) is 10.3 Å². The SMILES string of the molecule is CC1(O)CC(NC(=O)O)(c2ccc(-c3oc4ncn(CC(F)(F)F)c(=O)c4c3-c3ccccc3)cc2)C1. The normalized spacial score (nSPS) is 21.5. The lowest BCUT2D eigenvalue weighted by atomic mass is 9.62. The summed E-state index contributed by atoms with van der Waals surface area (Å²) < 4.78 is 45.5. The topological polar surface area (TPSA) is 118 Å². The van der Waals surface area contributed by atoms with Gasteiger partial charge in [0.1, 0.15) is 24.0 Å². The molecular formula is C26H22F3N3O5. The molecule has 192 valence electrons. The summed E-state index contributed by atoms with van der Waals surface area (Å²) in [7, 11) is 0. The molecule has 0 atom stereocenters. The number of aliphatic hydroxyl groups is 1. The van der Waals surface area contributed by atoms with E-state index in [9.17, 15) is 33.0 Å². The zero-order valence-electron chi connectivity index (χ0n) is 19.5. The second-order valence-electron chi connectivity index (χ2n) is 9.59. The van der Waals surface area contributed by atoms with E-state index in [0.29, 0.717) is 26.8 Å². The number of halogens is 3. The predicted molar refractivity (Wildman–Crippen MR) is 128 cm³/mol. The second-order valence-corrected chi connectivity index (χ2v) is 9.59. The van der Waals surface area contributed by atoms with Gasteiger partial charge in [0.15, 0.2) is 0 Å². The number of fused-ring (bicyclic) bond motifs is 1. The molecule has 2 aromatic carbocycles. The molecule has 37 heavy (non-hydrogen) atoms. The lowest BCUT2D eigenvalue weighted by Gasteiger charge is -2.51. The molecular weight excluding hydrogens is 491 g/mol. The third-order valence-corrected chi connectivity index (χ3v) is 6.50. The predicted octanol–water partition coefficient (Wildman–Crippen LogP) is 4.89. The number of hydrogen-bond acceptors (Lipinski definition) is 5. The molecule has 11 heteroatoms. The first kappa shape index (κ1) is 24.6. The first-order valence-corrected chi connectivity index (χ1v) is 11.4. The maximum atomic E-state index is 13.1. The summed E-state index contributed by atoms with van der Waals surface area (Å²) in [6.07, 6.45) is -4.64. The van der Waals surface area contributed by atoms with Gasteiger partial charge in [0.05, 0.1) is 11.1 Å². The molecule has 8 nitrogen and oxygen atoms in total. The Kier molecular flexibility index (Phi) is 5.63. The van der Waals surface area contributed by atoms with E-state index >= 15 is 0 Å². The fraction of sp³-hybridized carbons (Fsp3) is 0.269. The molecule has 0 radical (unpaired) electrons. The summed E-state index contributed by atoms with van der Waals surface area (Å²) >= 11 is 0. The summed E-state index contributed by atoms with van der Waals surface area (Å²) in [5, 5.41) is 22.0. The van der Waals surface area contributed by atoms with Crippen LogP contribution in [0.3, 0.4) is 0 Å². The van der Waals surface area contributed by atoms with E-state index in [1.54, 1.807) is 61.5 Å². The van der Waals surface area contributed by atoms with E-state index < -0.39 is 35.5 Å². The number of carbonyl (C=O) groups is 1. The van der Waals surface area contributed by atoms with Crippen molar-refractivity contribution in [3.05, 3.63) is 76.8 Å². The van der Waals surface area contributed by atoms with Crippen molar-refractivity contribution in [3.63, 3.8) is 0 Å². The molecule has 0 spiro atoms. The average Bonchev–Trinajstić information content (AvgIpc) is 3.19. The zero-order chi connectivity index (χ0) is 26.6. The van der Waals surface area contributed by atoms with Crippen molar-refractivity contribution in [2.75, 3.05) is 0 Å². The molecule has 1 aliphatic rings. The average molecular weight is 513 g/mol. The van der Waals surface area contributed by atoms with Crippen molar-refractivity contribution in [3.8, 4) is 22.5 Å². The van der Waals surface area contributed by atoms with Crippen LogP contribution in [0.25, 0.3) is 33.6 Å². The minimum Gasteiger partial charge on any atom is -0.465 e. The van der Waals surface area contributed by atoms with Crippen molar-refractivity contribution in [1.82, 2.24) is 14.9 Å². The Hall–Kier alpha value is -4.12. The van der Waals surface area contributed by atoms with Crippen LogP contribution in [0.1, 0.15) is 25.3 Å². The number of nitrogens with zero attached hydrogens (tertiary/aromatic N) is 2. The number of carboxylic acid groups (broad SMARTS) is 1. The van der Waals surface area contributed by atoms with Gasteiger partial charge in [-0.05, 0) is 18.1 Å². The summed E-state index contributed by atoms with van der Waals surface area (Å²) in [5.74, 6) is 0.239. The van der Waals surface area contributed by atoms with Gasteiger partial charge in [-0.25, -0.2) is 9.78 Å². The quantitative estimate of drug-likeness (QED) is 0.350. The Balaban J connectivity index is 1.64. The molecule has 5 rings (SSSR count). The molecule has 2 aromatic heterocycles. The van der Waals surface area contributed by atoms with Crippen LogP contribution in [-0.2, 0) is 12.1 Å². The van der Waals surface area contributed by atoms with E-state index in [0.717, 1.165) is 6.33 Å². The van der Waals surface area contributed by atoms with Crippen molar-refractivity contribution in [1.29, 1.82) is 0 Å². The number of rotatable bonds is 5. The first-order chi connectivity index (χ1) is 17.4. The largest absolute Gasteiger partial charge is 0.465 e. The molecule has 0 aliphatic heterocycles. The van der Waals surface area contributed by atoms with Gasteiger partial charge >= 0.3 is 12.3 Å². The Morgan fingerprint density at radius 2 is 1.76 bits per heavy atom. The van der Waals surface area contributed by atoms with Crippen LogP contribution in [0.5, 0.6) is 0 Å². The molecule has 1 fully saturated rings. The molecule has 0 bridgehead atoms. The fourth-order valence-electron chi connectivity index (χ4n) is 5.17. The molecule has 2 heterocycles. The highest BCUT2D eigenvalue weighted by Gasteiger charge is 2.53. The number of aromatic nitrogens is 2. The van der Waals surface area contributed by atoms with E-state index in [1.165, 1.54) is 0 Å². The summed E-state index contributed by atoms with van der Waals surface area (Å²) in [6, 6.07) is 15.4. The Morgan fingerprint density at radius 3 is 2.32 bits per heavy atom. The number of benzene rings is 2. The molecule has 1 aliphatic carbocycles. The molecule has 1 saturated carbocycles. The lowest BCUT2D eigenvalue weighted by Crippen LogP contribution is -2.61. The highest BCUT2D eigenvalue weighted by Crippen LogP contribution is 2.49. The Labute approximate surface area is 208 Å². The minimum absolute atomic E-state index is 0.0731. The van der Waals surface area contributed by atoms with Gasteiger partial charge in [-0.1, -0.05) is 54.6 Å². The van der Waals surface area contributed by atoms with Gasteiger partial charge in [-0.3, -0.25) is 9.36 Å². The van der Waals surface area contributed by atoms with Crippen LogP contribution < -0.4 is 10.9 Å². The van der Waals surface area contributed by atoms with Gasteiger partial charge in [0, 0.05) is 24.0 Å². The standard InChI is InChI=1S/C26H22F3N3O5/c1-24(36)11-25(12-24,31-23(34)35)17-9-7-16(8-10-17)20-18(15-5-3-2-4-6-15)19-21(37-20)30-14-32(22(19)33)13-26(27,28)29/h2-10,14,31,36H,11-13H2,1H3,(H,34,35). The molecule has 1 amide bonds. The van der Waals surface area contributed by atoms with E-state index in [1.807, 2.05) is 0 Å². The second kappa shape index (κ2) is 8.48. The zero-order valence-corrected chi connectivity index (χ0v) is 19.5. The lowest BCUT2D eigenvalue weighted by molar-refractivity contribution is -0.141. The fourth-order valence-corrected chi connectivity index (χ4v) is 5.17. The number of hydrogen-bond donors (Lipinski definition) is 3. The third kappa shape index (κ3) is 4.57. The Bertz CT molecular complexity index is 1530. The van der Waals surface area contributed by atoms with Crippen LogP contribution in [-0.4, -0.2) is 37.6 Å². The van der Waals surface area contributed by atoms with Gasteiger partial charge in [0.25, 0.3) is 5.56 Å². The molecule has 3 N–H and O–H groups in total. The van der Waals surface area contributed by atoms with Gasteiger partial charge < -0.3 is 19.9 Å². The smallest absolute Gasteiger partial charge is 0.406 e. The van der Waals surface area contributed by atoms with Crippen molar-refractivity contribution < 1.29 is 32.6 Å². The maximum absolute atomic E-state index is 13.1. The van der Waals surface area contributed by atoms with E-state index in [-0.39, 0.29) is 29.7 Å². The van der Waals surface area contributed by atoms with Crippen LogP contribution >= 0.6 is 0 Å². The van der Waals surface area contributed by atoms with Crippen LogP contribution in [0, 0.1) is 0 Å². The van der Waals surface area contributed by atoms with E-state index in [4.69, 9.17) is 4.42 Å². The van der Waals surface area contributed by atoms with Crippen molar-refractivity contribution >= 4 is 17.2 Å². The van der Waals surface area contributed by atoms with Crippen LogP contribution in [0.4, 0.5) is 18.0 Å². The molecule has 0 unspecified atom stereocenters. The highest BCUT2D eigenvalue weighted by molar-refractivity contribution is 5.99. The number of nitrogens with one attached hydrogen (secondary N) is 1. The number of furan rings is 1. The van der Waals surface area contributed by atoms with Gasteiger partial charge in [-0.15, -0.1) is 0 Å². The van der Waals surface area contributed by atoms with Crippen LogP contribution in [0.15, 0.2) is 70.1 Å². The van der Waals surface area contributed by atoms with Crippen molar-refractivity contribution in [2.45, 2.75) is 43.6 Å². The summed E-state index contributed by atoms with van der Waals surface area (Å²) in [5.41, 5.74) is -0.939. The number of alkyl halides is 3. The maximum Gasteiger partial charge on any atom is 0.406 e. The number of amides is 1. The molecule has 4 aromatic rings.